The Morgan fingerprint density at radius 1 is 1.10 bits per heavy atom. The topological polar surface area (TPSA) is 66.4 Å². The van der Waals surface area contributed by atoms with Crippen LogP contribution in [0.1, 0.15) is 70.6 Å². The van der Waals surface area contributed by atoms with Gasteiger partial charge < -0.3 is 10.4 Å². The standard InChI is InChI=1S/C16H27NO3/c18-14(9-4-8-13-6-2-1-3-7-13)17-12-16(15(19)20)10-5-11-16/h13H,1-12H2,(H,17,18)(H,19,20). The number of aliphatic carboxylic acids is 1. The Hall–Kier alpha value is -1.06. The highest BCUT2D eigenvalue weighted by atomic mass is 16.4. The van der Waals surface area contributed by atoms with Gasteiger partial charge in [0.25, 0.3) is 0 Å². The number of carbonyl (C=O) groups excluding carboxylic acids is 1. The molecule has 0 aromatic heterocycles. The number of carboxylic acids is 1. The summed E-state index contributed by atoms with van der Waals surface area (Å²) in [5.41, 5.74) is -0.668. The minimum atomic E-state index is -0.758. The van der Waals surface area contributed by atoms with Crippen molar-refractivity contribution >= 4 is 11.9 Å². The van der Waals surface area contributed by atoms with Gasteiger partial charge in [0, 0.05) is 13.0 Å². The summed E-state index contributed by atoms with van der Waals surface area (Å²) in [6.45, 7) is 0.310. The number of carboxylic acid groups (broad SMARTS) is 1. The first-order valence-electron chi connectivity index (χ1n) is 8.12. The zero-order chi connectivity index (χ0) is 14.4. The molecule has 2 N–H and O–H groups in total. The lowest BCUT2D eigenvalue weighted by Gasteiger charge is -2.37. The third-order valence-corrected chi connectivity index (χ3v) is 5.13. The second-order valence-corrected chi connectivity index (χ2v) is 6.61. The zero-order valence-electron chi connectivity index (χ0n) is 12.3. The molecule has 0 aliphatic heterocycles. The van der Waals surface area contributed by atoms with Crippen molar-refractivity contribution in [2.75, 3.05) is 6.54 Å². The van der Waals surface area contributed by atoms with E-state index in [9.17, 15) is 14.7 Å². The number of nitrogens with one attached hydrogen (secondary N) is 1. The van der Waals surface area contributed by atoms with E-state index in [4.69, 9.17) is 0 Å². The Kier molecular flexibility index (Phi) is 5.44. The van der Waals surface area contributed by atoms with Gasteiger partial charge in [-0.1, -0.05) is 38.5 Å². The molecule has 0 spiro atoms. The molecule has 4 heteroatoms. The fourth-order valence-electron chi connectivity index (χ4n) is 3.45. The first-order chi connectivity index (χ1) is 9.62. The van der Waals surface area contributed by atoms with E-state index in [1.165, 1.54) is 32.1 Å². The Balaban J connectivity index is 1.59. The largest absolute Gasteiger partial charge is 0.481 e. The second-order valence-electron chi connectivity index (χ2n) is 6.61. The zero-order valence-corrected chi connectivity index (χ0v) is 12.3. The lowest BCUT2D eigenvalue weighted by molar-refractivity contribution is -0.154. The second kappa shape index (κ2) is 7.09. The van der Waals surface area contributed by atoms with Gasteiger partial charge in [-0.15, -0.1) is 0 Å². The highest BCUT2D eigenvalue weighted by molar-refractivity contribution is 5.79. The molecule has 2 saturated carbocycles. The van der Waals surface area contributed by atoms with Crippen LogP contribution in [0.25, 0.3) is 0 Å². The summed E-state index contributed by atoms with van der Waals surface area (Å²) in [5, 5.41) is 12.0. The monoisotopic (exact) mass is 281 g/mol. The van der Waals surface area contributed by atoms with Crippen LogP contribution in [-0.4, -0.2) is 23.5 Å². The van der Waals surface area contributed by atoms with Crippen LogP contribution < -0.4 is 5.32 Å². The van der Waals surface area contributed by atoms with E-state index < -0.39 is 11.4 Å². The minimum absolute atomic E-state index is 0.0216. The number of hydrogen-bond donors (Lipinski definition) is 2. The molecule has 2 fully saturated rings. The van der Waals surface area contributed by atoms with Gasteiger partial charge in [-0.2, -0.15) is 0 Å². The number of hydrogen-bond acceptors (Lipinski definition) is 2. The lowest BCUT2D eigenvalue weighted by Crippen LogP contribution is -2.47. The summed E-state index contributed by atoms with van der Waals surface area (Å²) in [7, 11) is 0. The van der Waals surface area contributed by atoms with Crippen LogP contribution in [0, 0.1) is 11.3 Å². The van der Waals surface area contributed by atoms with Gasteiger partial charge in [0.2, 0.25) is 5.91 Å². The number of rotatable bonds is 7. The highest BCUT2D eigenvalue weighted by Crippen LogP contribution is 2.40. The van der Waals surface area contributed by atoms with Crippen LogP contribution in [0.15, 0.2) is 0 Å². The third kappa shape index (κ3) is 3.97. The first kappa shape index (κ1) is 15.3. The van der Waals surface area contributed by atoms with Crippen LogP contribution in [-0.2, 0) is 9.59 Å². The molecule has 4 nitrogen and oxygen atoms in total. The van der Waals surface area contributed by atoms with Crippen molar-refractivity contribution in [2.45, 2.75) is 70.6 Å². The van der Waals surface area contributed by atoms with E-state index >= 15 is 0 Å². The molecule has 2 aliphatic carbocycles. The Morgan fingerprint density at radius 3 is 2.35 bits per heavy atom. The van der Waals surface area contributed by atoms with E-state index in [0.717, 1.165) is 25.2 Å². The summed E-state index contributed by atoms with van der Waals surface area (Å²) in [5.74, 6) is 0.0770. The van der Waals surface area contributed by atoms with Gasteiger partial charge in [0.15, 0.2) is 0 Å². The maximum Gasteiger partial charge on any atom is 0.311 e. The summed E-state index contributed by atoms with van der Waals surface area (Å²) in [4.78, 5) is 23.0. The SMILES string of the molecule is O=C(CCCC1CCCCC1)NCC1(C(=O)O)CCC1. The van der Waals surface area contributed by atoms with E-state index in [-0.39, 0.29) is 5.91 Å². The van der Waals surface area contributed by atoms with Crippen molar-refractivity contribution in [1.29, 1.82) is 0 Å². The van der Waals surface area contributed by atoms with Crippen LogP contribution in [0.5, 0.6) is 0 Å². The van der Waals surface area contributed by atoms with Crippen molar-refractivity contribution in [3.05, 3.63) is 0 Å². The predicted molar refractivity (Wildman–Crippen MR) is 77.4 cm³/mol. The van der Waals surface area contributed by atoms with Crippen molar-refractivity contribution in [3.8, 4) is 0 Å². The molecule has 2 rings (SSSR count). The van der Waals surface area contributed by atoms with Crippen LogP contribution in [0.2, 0.25) is 0 Å². The van der Waals surface area contributed by atoms with Gasteiger partial charge in [-0.05, 0) is 31.6 Å². The van der Waals surface area contributed by atoms with Crippen molar-refractivity contribution < 1.29 is 14.7 Å². The lowest BCUT2D eigenvalue weighted by atomic mass is 9.69. The highest BCUT2D eigenvalue weighted by Gasteiger charge is 2.44. The molecule has 0 radical (unpaired) electrons. The molecule has 0 aromatic carbocycles. The van der Waals surface area contributed by atoms with Gasteiger partial charge >= 0.3 is 5.97 Å². The van der Waals surface area contributed by atoms with Gasteiger partial charge in [-0.25, -0.2) is 0 Å². The van der Waals surface area contributed by atoms with E-state index in [0.29, 0.717) is 25.8 Å². The average molecular weight is 281 g/mol. The normalized spacial score (nSPS) is 22.0. The van der Waals surface area contributed by atoms with Crippen LogP contribution >= 0.6 is 0 Å². The fraction of sp³-hybridized carbons (Fsp3) is 0.875. The van der Waals surface area contributed by atoms with Crippen LogP contribution in [0.4, 0.5) is 0 Å². The molecule has 0 bridgehead atoms. The minimum Gasteiger partial charge on any atom is -0.481 e. The number of carbonyl (C=O) groups is 2. The van der Waals surface area contributed by atoms with Gasteiger partial charge in [0.1, 0.15) is 0 Å². The Labute approximate surface area is 121 Å². The van der Waals surface area contributed by atoms with Crippen LogP contribution in [0.3, 0.4) is 0 Å². The molecule has 20 heavy (non-hydrogen) atoms. The Morgan fingerprint density at radius 2 is 1.80 bits per heavy atom. The summed E-state index contributed by atoms with van der Waals surface area (Å²) in [6, 6.07) is 0. The van der Waals surface area contributed by atoms with E-state index in [1.807, 2.05) is 0 Å². The summed E-state index contributed by atoms with van der Waals surface area (Å²) >= 11 is 0. The molecule has 0 saturated heterocycles. The van der Waals surface area contributed by atoms with Crippen molar-refractivity contribution in [3.63, 3.8) is 0 Å². The molecule has 0 atom stereocenters. The molecular weight excluding hydrogens is 254 g/mol. The summed E-state index contributed by atoms with van der Waals surface area (Å²) in [6.07, 6.45) is 11.7. The predicted octanol–water partition coefficient (Wildman–Crippen LogP) is 3.11. The maximum absolute atomic E-state index is 11.8. The first-order valence-corrected chi connectivity index (χ1v) is 8.12. The molecule has 0 unspecified atom stereocenters. The average Bonchev–Trinajstić information content (AvgIpc) is 2.38. The molecule has 1 amide bonds. The quantitative estimate of drug-likeness (QED) is 0.753. The third-order valence-electron chi connectivity index (χ3n) is 5.13. The fourth-order valence-corrected chi connectivity index (χ4v) is 3.45. The van der Waals surface area contributed by atoms with Gasteiger partial charge in [0.05, 0.1) is 5.41 Å². The molecule has 0 aromatic rings. The van der Waals surface area contributed by atoms with E-state index in [1.54, 1.807) is 0 Å². The smallest absolute Gasteiger partial charge is 0.311 e. The maximum atomic E-state index is 11.8. The molecular formula is C16H27NO3. The molecule has 2 aliphatic rings. The van der Waals surface area contributed by atoms with Crippen molar-refractivity contribution in [1.82, 2.24) is 5.32 Å². The van der Waals surface area contributed by atoms with E-state index in [2.05, 4.69) is 5.32 Å². The Bertz CT molecular complexity index is 344. The van der Waals surface area contributed by atoms with Crippen molar-refractivity contribution in [2.24, 2.45) is 11.3 Å². The molecule has 114 valence electrons. The molecule has 0 heterocycles. The van der Waals surface area contributed by atoms with Gasteiger partial charge in [-0.3, -0.25) is 9.59 Å². The number of amides is 1. The summed E-state index contributed by atoms with van der Waals surface area (Å²) < 4.78 is 0.